The van der Waals surface area contributed by atoms with Crippen LogP contribution in [0.4, 0.5) is 5.69 Å². The summed E-state index contributed by atoms with van der Waals surface area (Å²) in [7, 11) is -3.30. The van der Waals surface area contributed by atoms with Crippen molar-refractivity contribution in [1.82, 2.24) is 9.38 Å². The minimum atomic E-state index is -3.30. The molecule has 0 aliphatic carbocycles. The Morgan fingerprint density at radius 2 is 1.78 bits per heavy atom. The summed E-state index contributed by atoms with van der Waals surface area (Å²) in [6.07, 6.45) is 4.08. The molecule has 6 nitrogen and oxygen atoms in total. The molecule has 0 aliphatic rings. The van der Waals surface area contributed by atoms with Crippen molar-refractivity contribution in [3.05, 3.63) is 60.6 Å². The van der Waals surface area contributed by atoms with Crippen molar-refractivity contribution >= 4 is 44.1 Å². The van der Waals surface area contributed by atoms with Gasteiger partial charge in [0.2, 0.25) is 0 Å². The normalized spacial score (nSPS) is 11.0. The molecule has 0 radical (unpaired) electrons. The Kier molecular flexibility index (Phi) is 4.86. The summed E-state index contributed by atoms with van der Waals surface area (Å²) < 4.78 is 24.6. The lowest BCUT2D eigenvalue weighted by atomic mass is 10.3. The van der Waals surface area contributed by atoms with Crippen LogP contribution in [-0.2, 0) is 9.84 Å². The predicted molar refractivity (Wildman–Crippen MR) is 93.0 cm³/mol. The Morgan fingerprint density at radius 3 is 2.43 bits per heavy atom. The monoisotopic (exact) mass is 395 g/mol. The number of para-hydroxylation sites is 1. The Bertz CT molecular complexity index is 953. The zero-order valence-corrected chi connectivity index (χ0v) is 14.7. The highest BCUT2D eigenvalue weighted by Crippen LogP contribution is 2.13. The average molecular weight is 396 g/mol. The fourth-order valence-electron chi connectivity index (χ4n) is 2.02. The van der Waals surface area contributed by atoms with Crippen molar-refractivity contribution < 1.29 is 13.2 Å². The van der Waals surface area contributed by atoms with Gasteiger partial charge in [-0.15, -0.1) is 17.0 Å². The minimum absolute atomic E-state index is 0. The smallest absolute Gasteiger partial charge is 0.275 e. The van der Waals surface area contributed by atoms with E-state index in [1.165, 1.54) is 22.9 Å². The molecular formula is C15H14BrN3O3S. The number of benzene rings is 1. The number of nitrogens with zero attached hydrogens (tertiary/aromatic N) is 2. The van der Waals surface area contributed by atoms with E-state index in [1.54, 1.807) is 18.2 Å². The third-order valence-electron chi connectivity index (χ3n) is 3.12. The Hall–Kier alpha value is -2.19. The standard InChI is InChI=1S/C15H13N3O3S.BrH/c1-22(20,21)12-7-8-14-17-13(10-18(14)9-12)15(19)16-11-5-3-2-4-6-11;/h2-10H,1H3,(H,16,19);1H. The number of nitrogens with one attached hydrogen (secondary N) is 1. The zero-order chi connectivity index (χ0) is 15.7. The number of anilines is 1. The lowest BCUT2D eigenvalue weighted by Crippen LogP contribution is -2.11. The van der Waals surface area contributed by atoms with Gasteiger partial charge in [0.1, 0.15) is 11.3 Å². The van der Waals surface area contributed by atoms with Gasteiger partial charge >= 0.3 is 0 Å². The summed E-state index contributed by atoms with van der Waals surface area (Å²) in [6, 6.07) is 12.1. The Labute approximate surface area is 143 Å². The number of hydrogen-bond acceptors (Lipinski definition) is 4. The summed E-state index contributed by atoms with van der Waals surface area (Å²) in [5, 5.41) is 2.73. The summed E-state index contributed by atoms with van der Waals surface area (Å²) in [5.74, 6) is -0.351. The van der Waals surface area contributed by atoms with Crippen molar-refractivity contribution in [2.45, 2.75) is 4.90 Å². The molecule has 0 spiro atoms. The number of carbonyl (C=O) groups excluding carboxylic acids is 1. The van der Waals surface area contributed by atoms with Crippen LogP contribution < -0.4 is 5.32 Å². The van der Waals surface area contributed by atoms with Crippen LogP contribution in [0.3, 0.4) is 0 Å². The van der Waals surface area contributed by atoms with Crippen molar-refractivity contribution in [1.29, 1.82) is 0 Å². The number of rotatable bonds is 3. The third kappa shape index (κ3) is 3.77. The molecule has 120 valence electrons. The van der Waals surface area contributed by atoms with E-state index >= 15 is 0 Å². The van der Waals surface area contributed by atoms with Gasteiger partial charge in [0, 0.05) is 24.3 Å². The van der Waals surface area contributed by atoms with E-state index in [1.807, 2.05) is 18.2 Å². The van der Waals surface area contributed by atoms with Crippen molar-refractivity contribution in [3.63, 3.8) is 0 Å². The van der Waals surface area contributed by atoms with E-state index in [-0.39, 0.29) is 33.5 Å². The fraction of sp³-hybridized carbons (Fsp3) is 0.0667. The number of halogens is 1. The highest BCUT2D eigenvalue weighted by Gasteiger charge is 2.13. The van der Waals surface area contributed by atoms with E-state index in [4.69, 9.17) is 0 Å². The maximum Gasteiger partial charge on any atom is 0.275 e. The van der Waals surface area contributed by atoms with Crippen LogP contribution in [0.25, 0.3) is 5.65 Å². The van der Waals surface area contributed by atoms with Crippen LogP contribution in [0.1, 0.15) is 10.5 Å². The van der Waals surface area contributed by atoms with Gasteiger partial charge in [-0.3, -0.25) is 4.79 Å². The number of fused-ring (bicyclic) bond motifs is 1. The first-order valence-corrected chi connectivity index (χ1v) is 8.38. The first-order chi connectivity index (χ1) is 10.4. The van der Waals surface area contributed by atoms with Crippen molar-refractivity contribution in [3.8, 4) is 0 Å². The molecule has 0 bridgehead atoms. The van der Waals surface area contributed by atoms with Gasteiger partial charge in [0.25, 0.3) is 5.91 Å². The highest BCUT2D eigenvalue weighted by molar-refractivity contribution is 8.93. The SMILES string of the molecule is Br.CS(=O)(=O)c1ccc2nc(C(=O)Nc3ccccc3)cn2c1. The average Bonchev–Trinajstić information content (AvgIpc) is 2.90. The molecule has 1 N–H and O–H groups in total. The van der Waals surface area contributed by atoms with Gasteiger partial charge in [-0.2, -0.15) is 0 Å². The molecule has 0 unspecified atom stereocenters. The summed E-state index contributed by atoms with van der Waals surface area (Å²) in [5.41, 5.74) is 1.39. The molecule has 3 rings (SSSR count). The van der Waals surface area contributed by atoms with Crippen LogP contribution in [-0.4, -0.2) is 30.0 Å². The molecule has 0 aliphatic heterocycles. The number of pyridine rings is 1. The maximum absolute atomic E-state index is 12.2. The quantitative estimate of drug-likeness (QED) is 0.738. The zero-order valence-electron chi connectivity index (χ0n) is 12.1. The molecular weight excluding hydrogens is 382 g/mol. The Morgan fingerprint density at radius 1 is 1.09 bits per heavy atom. The van der Waals surface area contributed by atoms with Crippen LogP contribution in [0, 0.1) is 0 Å². The molecule has 8 heteroatoms. The number of amides is 1. The second-order valence-electron chi connectivity index (χ2n) is 4.85. The number of hydrogen-bond donors (Lipinski definition) is 1. The minimum Gasteiger partial charge on any atom is -0.321 e. The number of imidazole rings is 1. The van der Waals surface area contributed by atoms with Crippen LogP contribution in [0.2, 0.25) is 0 Å². The van der Waals surface area contributed by atoms with E-state index in [2.05, 4.69) is 10.3 Å². The molecule has 2 aromatic heterocycles. The first kappa shape index (κ1) is 17.2. The fourth-order valence-corrected chi connectivity index (χ4v) is 2.64. The van der Waals surface area contributed by atoms with Gasteiger partial charge in [0.15, 0.2) is 9.84 Å². The van der Waals surface area contributed by atoms with Gasteiger partial charge < -0.3 is 9.72 Å². The number of carbonyl (C=O) groups is 1. The van der Waals surface area contributed by atoms with E-state index in [0.29, 0.717) is 11.3 Å². The first-order valence-electron chi connectivity index (χ1n) is 6.49. The number of sulfone groups is 1. The molecule has 23 heavy (non-hydrogen) atoms. The molecule has 3 aromatic rings. The Balaban J connectivity index is 0.00000192. The summed E-state index contributed by atoms with van der Waals surface area (Å²) in [6.45, 7) is 0. The van der Waals surface area contributed by atoms with Crippen LogP contribution in [0.15, 0.2) is 59.8 Å². The molecule has 2 heterocycles. The molecule has 0 saturated heterocycles. The molecule has 1 aromatic carbocycles. The molecule has 1 amide bonds. The lowest BCUT2D eigenvalue weighted by molar-refractivity contribution is 0.102. The molecule has 0 saturated carbocycles. The largest absolute Gasteiger partial charge is 0.321 e. The van der Waals surface area contributed by atoms with E-state index in [9.17, 15) is 13.2 Å². The van der Waals surface area contributed by atoms with Crippen molar-refractivity contribution in [2.75, 3.05) is 11.6 Å². The van der Waals surface area contributed by atoms with Crippen LogP contribution >= 0.6 is 17.0 Å². The maximum atomic E-state index is 12.2. The summed E-state index contributed by atoms with van der Waals surface area (Å²) >= 11 is 0. The van der Waals surface area contributed by atoms with Gasteiger partial charge in [-0.1, -0.05) is 18.2 Å². The second kappa shape index (κ2) is 6.51. The van der Waals surface area contributed by atoms with E-state index < -0.39 is 9.84 Å². The topological polar surface area (TPSA) is 80.5 Å². The summed E-state index contributed by atoms with van der Waals surface area (Å²) in [4.78, 5) is 16.5. The molecule has 0 atom stereocenters. The molecule has 0 fully saturated rings. The van der Waals surface area contributed by atoms with Gasteiger partial charge in [-0.05, 0) is 24.3 Å². The number of aromatic nitrogens is 2. The van der Waals surface area contributed by atoms with Crippen LogP contribution in [0.5, 0.6) is 0 Å². The second-order valence-corrected chi connectivity index (χ2v) is 6.86. The van der Waals surface area contributed by atoms with Crippen molar-refractivity contribution in [2.24, 2.45) is 0 Å². The van der Waals surface area contributed by atoms with E-state index in [0.717, 1.165) is 6.26 Å². The third-order valence-corrected chi connectivity index (χ3v) is 4.21. The van der Waals surface area contributed by atoms with Gasteiger partial charge in [-0.25, -0.2) is 13.4 Å². The predicted octanol–water partition coefficient (Wildman–Crippen LogP) is 2.57. The highest BCUT2D eigenvalue weighted by atomic mass is 79.9. The van der Waals surface area contributed by atoms with Gasteiger partial charge in [0.05, 0.1) is 4.90 Å². The lowest BCUT2D eigenvalue weighted by Gasteiger charge is -2.01.